The molecule has 0 bridgehead atoms. The third-order valence-corrected chi connectivity index (χ3v) is 6.34. The monoisotopic (exact) mass is 415 g/mol. The zero-order valence-corrected chi connectivity index (χ0v) is 16.8. The molecule has 3 aromatic rings. The number of aliphatic imine (C=N–C) groups is 1. The Morgan fingerprint density at radius 1 is 0.903 bits per heavy atom. The number of rotatable bonds is 1. The van der Waals surface area contributed by atoms with E-state index in [0.29, 0.717) is 28.3 Å². The SMILES string of the molecule is Cn1c2c(c(=O)n(C)c1=O)C(c1ccc3c(c1)OCO3)C1C(=O)c3ccccc3C1=N2. The molecule has 154 valence electrons. The molecule has 2 atom stereocenters. The van der Waals surface area contributed by atoms with Crippen molar-refractivity contribution in [3.05, 3.63) is 85.6 Å². The van der Waals surface area contributed by atoms with Gasteiger partial charge in [-0.2, -0.15) is 0 Å². The summed E-state index contributed by atoms with van der Waals surface area (Å²) in [6, 6.07) is 12.7. The highest BCUT2D eigenvalue weighted by molar-refractivity contribution is 6.30. The summed E-state index contributed by atoms with van der Waals surface area (Å²) in [5.41, 5.74) is 2.05. The Balaban J connectivity index is 1.70. The van der Waals surface area contributed by atoms with E-state index in [9.17, 15) is 14.4 Å². The van der Waals surface area contributed by atoms with Gasteiger partial charge in [0.15, 0.2) is 17.3 Å². The van der Waals surface area contributed by atoms with Crippen LogP contribution in [0.15, 0.2) is 57.0 Å². The lowest BCUT2D eigenvalue weighted by Gasteiger charge is -2.30. The number of hydrogen-bond donors (Lipinski definition) is 0. The van der Waals surface area contributed by atoms with Gasteiger partial charge in [-0.1, -0.05) is 30.3 Å². The highest BCUT2D eigenvalue weighted by Crippen LogP contribution is 2.48. The van der Waals surface area contributed by atoms with Gasteiger partial charge in [0.1, 0.15) is 5.82 Å². The van der Waals surface area contributed by atoms with Crippen LogP contribution in [-0.4, -0.2) is 27.4 Å². The maximum absolute atomic E-state index is 13.5. The number of ether oxygens (including phenoxy) is 2. The second kappa shape index (κ2) is 6.04. The van der Waals surface area contributed by atoms with Crippen molar-refractivity contribution in [3.63, 3.8) is 0 Å². The molecule has 0 saturated heterocycles. The average molecular weight is 415 g/mol. The van der Waals surface area contributed by atoms with Crippen LogP contribution in [0.1, 0.15) is 33.0 Å². The number of benzene rings is 2. The Hall–Kier alpha value is -3.94. The van der Waals surface area contributed by atoms with E-state index >= 15 is 0 Å². The number of ketones is 1. The minimum absolute atomic E-state index is 0.0847. The maximum atomic E-state index is 13.5. The Morgan fingerprint density at radius 2 is 1.65 bits per heavy atom. The topological polar surface area (TPSA) is 91.9 Å². The molecule has 3 heterocycles. The number of Topliss-reactive ketones (excluding diaryl/α,β-unsaturated/α-hetero) is 1. The molecule has 0 saturated carbocycles. The van der Waals surface area contributed by atoms with E-state index in [1.807, 2.05) is 24.3 Å². The molecule has 0 fully saturated rings. The van der Waals surface area contributed by atoms with Crippen LogP contribution in [0.2, 0.25) is 0 Å². The summed E-state index contributed by atoms with van der Waals surface area (Å²) < 4.78 is 13.4. The number of carbonyl (C=O) groups excluding carboxylic acids is 1. The summed E-state index contributed by atoms with van der Waals surface area (Å²) in [6.07, 6.45) is 0. The Kier molecular flexibility index (Phi) is 3.48. The second-order valence-corrected chi connectivity index (χ2v) is 7.92. The molecule has 31 heavy (non-hydrogen) atoms. The predicted molar refractivity (Wildman–Crippen MR) is 112 cm³/mol. The van der Waals surface area contributed by atoms with E-state index in [1.165, 1.54) is 11.6 Å². The Morgan fingerprint density at radius 3 is 2.45 bits per heavy atom. The molecule has 0 amide bonds. The first-order valence-electron chi connectivity index (χ1n) is 9.89. The molecule has 2 aromatic carbocycles. The van der Waals surface area contributed by atoms with Crippen LogP contribution in [0.3, 0.4) is 0 Å². The largest absolute Gasteiger partial charge is 0.454 e. The minimum Gasteiger partial charge on any atom is -0.454 e. The van der Waals surface area contributed by atoms with E-state index in [-0.39, 0.29) is 18.4 Å². The zero-order valence-electron chi connectivity index (χ0n) is 16.8. The van der Waals surface area contributed by atoms with Crippen molar-refractivity contribution in [2.24, 2.45) is 25.0 Å². The fourth-order valence-electron chi connectivity index (χ4n) is 4.83. The number of hydrogen-bond acceptors (Lipinski definition) is 6. The summed E-state index contributed by atoms with van der Waals surface area (Å²) in [5, 5.41) is 0. The van der Waals surface area contributed by atoms with Crippen LogP contribution in [-0.2, 0) is 14.1 Å². The van der Waals surface area contributed by atoms with Crippen molar-refractivity contribution in [1.29, 1.82) is 0 Å². The van der Waals surface area contributed by atoms with Gasteiger partial charge in [0.05, 0.1) is 17.2 Å². The van der Waals surface area contributed by atoms with Crippen molar-refractivity contribution in [2.75, 3.05) is 6.79 Å². The fraction of sp³-hybridized carbons (Fsp3) is 0.217. The smallest absolute Gasteiger partial charge is 0.332 e. The average Bonchev–Trinajstić information content (AvgIpc) is 3.37. The quantitative estimate of drug-likeness (QED) is 0.605. The lowest BCUT2D eigenvalue weighted by molar-refractivity contribution is 0.0953. The van der Waals surface area contributed by atoms with Gasteiger partial charge in [0.2, 0.25) is 6.79 Å². The van der Waals surface area contributed by atoms with Crippen LogP contribution in [0, 0.1) is 5.92 Å². The van der Waals surface area contributed by atoms with Gasteiger partial charge in [-0.05, 0) is 17.7 Å². The molecule has 0 spiro atoms. The molecule has 0 radical (unpaired) electrons. The van der Waals surface area contributed by atoms with Crippen molar-refractivity contribution >= 4 is 17.3 Å². The van der Waals surface area contributed by atoms with E-state index < -0.39 is 23.1 Å². The third kappa shape index (κ3) is 2.24. The maximum Gasteiger partial charge on any atom is 0.332 e. The molecule has 1 aromatic heterocycles. The van der Waals surface area contributed by atoms with Gasteiger partial charge in [-0.3, -0.25) is 18.7 Å². The standard InChI is InChI=1S/C23H17N3O5/c1-25-21-18(22(28)26(2)23(25)29)16(11-7-8-14-15(9-11)31-10-30-14)17-19(24-21)12-5-3-4-6-13(12)20(17)27/h3-9,16-17H,10H2,1-2H3. The first kappa shape index (κ1) is 17.9. The molecule has 2 aliphatic heterocycles. The van der Waals surface area contributed by atoms with Gasteiger partial charge in [0.25, 0.3) is 5.56 Å². The van der Waals surface area contributed by atoms with Gasteiger partial charge in [-0.25, -0.2) is 9.79 Å². The molecule has 0 N–H and O–H groups in total. The number of nitrogens with zero attached hydrogens (tertiary/aromatic N) is 3. The molecule has 2 unspecified atom stereocenters. The summed E-state index contributed by atoms with van der Waals surface area (Å²) in [7, 11) is 3.02. The van der Waals surface area contributed by atoms with Crippen molar-refractivity contribution < 1.29 is 14.3 Å². The van der Waals surface area contributed by atoms with Crippen LogP contribution in [0.4, 0.5) is 5.82 Å². The summed E-state index contributed by atoms with van der Waals surface area (Å²) in [6.45, 7) is 0.122. The van der Waals surface area contributed by atoms with Crippen LogP contribution >= 0.6 is 0 Å². The molecule has 6 rings (SSSR count). The molecule has 1 aliphatic carbocycles. The fourth-order valence-corrected chi connectivity index (χ4v) is 4.83. The molecule has 8 heteroatoms. The summed E-state index contributed by atoms with van der Waals surface area (Å²) in [5.74, 6) is 0.110. The number of aromatic nitrogens is 2. The Labute approximate surface area is 176 Å². The normalized spacial score (nSPS) is 20.2. The lowest BCUT2D eigenvalue weighted by atomic mass is 9.76. The molecular formula is C23H17N3O5. The highest BCUT2D eigenvalue weighted by atomic mass is 16.7. The van der Waals surface area contributed by atoms with Crippen LogP contribution in [0.25, 0.3) is 0 Å². The van der Waals surface area contributed by atoms with Gasteiger partial charge in [-0.15, -0.1) is 0 Å². The molecule has 3 aliphatic rings. The van der Waals surface area contributed by atoms with Crippen molar-refractivity contribution in [2.45, 2.75) is 5.92 Å². The van der Waals surface area contributed by atoms with Crippen molar-refractivity contribution in [1.82, 2.24) is 9.13 Å². The van der Waals surface area contributed by atoms with E-state index in [4.69, 9.17) is 14.5 Å². The van der Waals surface area contributed by atoms with Crippen LogP contribution < -0.4 is 20.7 Å². The van der Waals surface area contributed by atoms with Crippen LogP contribution in [0.5, 0.6) is 11.5 Å². The minimum atomic E-state index is -0.657. The van der Waals surface area contributed by atoms with Crippen molar-refractivity contribution in [3.8, 4) is 11.5 Å². The van der Waals surface area contributed by atoms with Gasteiger partial charge < -0.3 is 9.47 Å². The lowest BCUT2D eigenvalue weighted by Crippen LogP contribution is -2.43. The molecular weight excluding hydrogens is 398 g/mol. The number of fused-ring (bicyclic) bond motifs is 5. The molecule has 8 nitrogen and oxygen atoms in total. The van der Waals surface area contributed by atoms with E-state index in [1.54, 1.807) is 25.2 Å². The van der Waals surface area contributed by atoms with Gasteiger partial charge >= 0.3 is 5.69 Å². The first-order chi connectivity index (χ1) is 15.0. The third-order valence-electron chi connectivity index (χ3n) is 6.34. The zero-order chi connectivity index (χ0) is 21.4. The predicted octanol–water partition coefficient (Wildman–Crippen LogP) is 1.89. The van der Waals surface area contributed by atoms with E-state index in [2.05, 4.69) is 0 Å². The Bertz CT molecular complexity index is 1460. The highest BCUT2D eigenvalue weighted by Gasteiger charge is 2.48. The van der Waals surface area contributed by atoms with E-state index in [0.717, 1.165) is 15.7 Å². The number of carbonyl (C=O) groups is 1. The summed E-state index contributed by atoms with van der Waals surface area (Å²) >= 11 is 0. The second-order valence-electron chi connectivity index (χ2n) is 7.92. The summed E-state index contributed by atoms with van der Waals surface area (Å²) in [4.78, 5) is 44.1. The van der Waals surface area contributed by atoms with Gasteiger partial charge in [0, 0.05) is 31.1 Å². The first-order valence-corrected chi connectivity index (χ1v) is 9.89.